The van der Waals surface area contributed by atoms with Gasteiger partial charge in [0, 0.05) is 11.1 Å². The quantitative estimate of drug-likeness (QED) is 0.794. The van der Waals surface area contributed by atoms with Crippen LogP contribution in [-0.2, 0) is 21.2 Å². The summed E-state index contributed by atoms with van der Waals surface area (Å²) >= 11 is 12.0. The summed E-state index contributed by atoms with van der Waals surface area (Å²) in [6.45, 7) is 0. The molecule has 2 aromatic rings. The number of carbonyl (C=O) groups excluding carboxylic acids is 1. The van der Waals surface area contributed by atoms with Crippen LogP contribution < -0.4 is 4.72 Å². The van der Waals surface area contributed by atoms with Gasteiger partial charge < -0.3 is 4.74 Å². The zero-order valence-electron chi connectivity index (χ0n) is 13.3. The first kappa shape index (κ1) is 18.2. The number of methoxy groups -OCH3 is 1. The van der Waals surface area contributed by atoms with Crippen molar-refractivity contribution in [3.63, 3.8) is 0 Å². The average Bonchev–Trinajstić information content (AvgIpc) is 2.95. The van der Waals surface area contributed by atoms with E-state index in [0.29, 0.717) is 11.4 Å². The Morgan fingerprint density at radius 1 is 1.20 bits per heavy atom. The minimum absolute atomic E-state index is 0.0366. The number of ether oxygens (including phenoxy) is 1. The van der Waals surface area contributed by atoms with Crippen molar-refractivity contribution in [1.29, 1.82) is 0 Å². The summed E-state index contributed by atoms with van der Waals surface area (Å²) in [6, 6.07) is 9.03. The number of halogens is 2. The zero-order valence-corrected chi connectivity index (χ0v) is 15.6. The third-order valence-corrected chi connectivity index (χ3v) is 6.31. The molecular weight excluding hydrogens is 385 g/mol. The highest BCUT2D eigenvalue weighted by atomic mass is 35.5. The van der Waals surface area contributed by atoms with Gasteiger partial charge in [-0.3, -0.25) is 0 Å². The van der Waals surface area contributed by atoms with Crippen molar-refractivity contribution in [1.82, 2.24) is 4.72 Å². The number of sulfonamides is 1. The van der Waals surface area contributed by atoms with Crippen molar-refractivity contribution in [2.24, 2.45) is 0 Å². The van der Waals surface area contributed by atoms with E-state index in [1.165, 1.54) is 25.3 Å². The number of aryl methyl sites for hydroxylation is 1. The third kappa shape index (κ3) is 3.67. The van der Waals surface area contributed by atoms with Gasteiger partial charge in [0.25, 0.3) is 0 Å². The molecule has 0 radical (unpaired) electrons. The monoisotopic (exact) mass is 399 g/mol. The highest BCUT2D eigenvalue weighted by molar-refractivity contribution is 7.89. The molecule has 8 heteroatoms. The molecule has 0 fully saturated rings. The zero-order chi connectivity index (χ0) is 18.2. The second-order valence-electron chi connectivity index (χ2n) is 5.69. The van der Waals surface area contributed by atoms with Gasteiger partial charge in [-0.05, 0) is 54.3 Å². The lowest BCUT2D eigenvalue weighted by molar-refractivity contribution is 0.0600. The maximum Gasteiger partial charge on any atom is 0.337 e. The maximum absolute atomic E-state index is 12.8. The summed E-state index contributed by atoms with van der Waals surface area (Å²) in [7, 11) is -2.69. The summed E-state index contributed by atoms with van der Waals surface area (Å²) in [4.78, 5) is 11.5. The Hall–Kier alpha value is -1.60. The molecule has 132 valence electrons. The Balaban J connectivity index is 1.93. The Morgan fingerprint density at radius 3 is 2.68 bits per heavy atom. The van der Waals surface area contributed by atoms with E-state index in [1.807, 2.05) is 12.1 Å². The normalized spacial score (nSPS) is 16.5. The minimum atomic E-state index is -3.91. The molecule has 1 atom stereocenters. The van der Waals surface area contributed by atoms with Crippen molar-refractivity contribution < 1.29 is 17.9 Å². The lowest BCUT2D eigenvalue weighted by atomic mass is 10.1. The van der Waals surface area contributed by atoms with Crippen molar-refractivity contribution in [2.75, 3.05) is 7.11 Å². The largest absolute Gasteiger partial charge is 0.465 e. The Labute approximate surface area is 155 Å². The molecule has 3 rings (SSSR count). The molecule has 0 heterocycles. The Bertz CT molecular complexity index is 944. The first-order valence-electron chi connectivity index (χ1n) is 7.50. The van der Waals surface area contributed by atoms with E-state index in [4.69, 9.17) is 23.2 Å². The van der Waals surface area contributed by atoms with Crippen molar-refractivity contribution >= 4 is 39.2 Å². The van der Waals surface area contributed by atoms with Gasteiger partial charge in [0.05, 0.1) is 17.7 Å². The second-order valence-corrected chi connectivity index (χ2v) is 8.22. The highest BCUT2D eigenvalue weighted by Crippen LogP contribution is 2.34. The molecule has 1 unspecified atom stereocenters. The molecule has 5 nitrogen and oxygen atoms in total. The number of fused-ring (bicyclic) bond motifs is 1. The lowest BCUT2D eigenvalue weighted by Gasteiger charge is -2.16. The Kier molecular flexibility index (Phi) is 5.06. The molecular formula is C17H15Cl2NO4S. The lowest BCUT2D eigenvalue weighted by Crippen LogP contribution is -2.27. The first-order valence-corrected chi connectivity index (χ1v) is 9.74. The van der Waals surface area contributed by atoms with E-state index in [0.717, 1.165) is 17.5 Å². The van der Waals surface area contributed by atoms with E-state index in [2.05, 4.69) is 9.46 Å². The van der Waals surface area contributed by atoms with Crippen LogP contribution in [0.1, 0.15) is 33.9 Å². The first-order chi connectivity index (χ1) is 11.8. The number of hydrogen-bond acceptors (Lipinski definition) is 4. The van der Waals surface area contributed by atoms with Gasteiger partial charge >= 0.3 is 5.97 Å². The van der Waals surface area contributed by atoms with Gasteiger partial charge in [0.15, 0.2) is 0 Å². The number of benzene rings is 2. The minimum Gasteiger partial charge on any atom is -0.465 e. The van der Waals surface area contributed by atoms with Crippen LogP contribution in [0.15, 0.2) is 41.3 Å². The van der Waals surface area contributed by atoms with Crippen LogP contribution in [0.2, 0.25) is 10.0 Å². The molecule has 1 aliphatic rings. The fraction of sp³-hybridized carbons (Fsp3) is 0.235. The smallest absolute Gasteiger partial charge is 0.337 e. The van der Waals surface area contributed by atoms with Gasteiger partial charge in [-0.15, -0.1) is 0 Å². The van der Waals surface area contributed by atoms with Gasteiger partial charge in [0.1, 0.15) is 4.90 Å². The molecule has 0 amide bonds. The maximum atomic E-state index is 12.8. The van der Waals surface area contributed by atoms with E-state index < -0.39 is 16.0 Å². The SMILES string of the molecule is COC(=O)c1ccc(Cl)c(S(=O)(=O)NC2CCc3cc(Cl)ccc32)c1. The molecule has 0 saturated heterocycles. The summed E-state index contributed by atoms with van der Waals surface area (Å²) in [5, 5.41) is 0.658. The molecule has 0 bridgehead atoms. The van der Waals surface area contributed by atoms with Crippen LogP contribution >= 0.6 is 23.2 Å². The van der Waals surface area contributed by atoms with E-state index in [9.17, 15) is 13.2 Å². The number of nitrogens with one attached hydrogen (secondary N) is 1. The van der Waals surface area contributed by atoms with Gasteiger partial charge in [-0.1, -0.05) is 29.3 Å². The van der Waals surface area contributed by atoms with Crippen LogP contribution in [-0.4, -0.2) is 21.5 Å². The molecule has 25 heavy (non-hydrogen) atoms. The average molecular weight is 400 g/mol. The third-order valence-electron chi connectivity index (χ3n) is 4.12. The van der Waals surface area contributed by atoms with Crippen molar-refractivity contribution in [2.45, 2.75) is 23.8 Å². The van der Waals surface area contributed by atoms with Gasteiger partial charge in [-0.2, -0.15) is 0 Å². The fourth-order valence-electron chi connectivity index (χ4n) is 2.91. The van der Waals surface area contributed by atoms with Crippen LogP contribution in [0.3, 0.4) is 0 Å². The molecule has 0 aromatic heterocycles. The topological polar surface area (TPSA) is 72.5 Å². The van der Waals surface area contributed by atoms with E-state index in [-0.39, 0.29) is 21.5 Å². The summed E-state index contributed by atoms with van der Waals surface area (Å²) in [5.41, 5.74) is 2.04. The van der Waals surface area contributed by atoms with E-state index in [1.54, 1.807) is 6.07 Å². The van der Waals surface area contributed by atoms with Crippen LogP contribution in [0.5, 0.6) is 0 Å². The summed E-state index contributed by atoms with van der Waals surface area (Å²) < 4.78 is 32.8. The van der Waals surface area contributed by atoms with Crippen molar-refractivity contribution in [3.8, 4) is 0 Å². The predicted octanol–water partition coefficient (Wildman–Crippen LogP) is 3.75. The summed E-state index contributed by atoms with van der Waals surface area (Å²) in [5.74, 6) is -0.631. The fourth-order valence-corrected chi connectivity index (χ4v) is 4.88. The Morgan fingerprint density at radius 2 is 1.96 bits per heavy atom. The second kappa shape index (κ2) is 6.96. The van der Waals surface area contributed by atoms with Crippen LogP contribution in [0.4, 0.5) is 0 Å². The highest BCUT2D eigenvalue weighted by Gasteiger charge is 2.29. The van der Waals surface area contributed by atoms with Crippen LogP contribution in [0.25, 0.3) is 0 Å². The number of carbonyl (C=O) groups is 1. The standard InChI is InChI=1S/C17H15Cl2NO4S/c1-24-17(21)11-2-6-14(19)16(9-11)25(22,23)20-15-7-3-10-8-12(18)4-5-13(10)15/h2,4-6,8-9,15,20H,3,7H2,1H3. The molecule has 2 aromatic carbocycles. The predicted molar refractivity (Wildman–Crippen MR) is 95.6 cm³/mol. The molecule has 1 N–H and O–H groups in total. The van der Waals surface area contributed by atoms with Gasteiger partial charge in [-0.25, -0.2) is 17.9 Å². The van der Waals surface area contributed by atoms with Gasteiger partial charge in [0.2, 0.25) is 10.0 Å². The molecule has 0 aliphatic heterocycles. The van der Waals surface area contributed by atoms with E-state index >= 15 is 0 Å². The molecule has 1 aliphatic carbocycles. The summed E-state index contributed by atoms with van der Waals surface area (Å²) in [6.07, 6.45) is 1.36. The number of rotatable bonds is 4. The van der Waals surface area contributed by atoms with Crippen LogP contribution in [0, 0.1) is 0 Å². The molecule has 0 saturated carbocycles. The number of esters is 1. The van der Waals surface area contributed by atoms with Crippen molar-refractivity contribution in [3.05, 3.63) is 63.1 Å². The number of hydrogen-bond donors (Lipinski definition) is 1. The molecule has 0 spiro atoms.